The molecule has 3 N–H and O–H groups in total. The molecule has 2 aliphatic rings. The summed E-state index contributed by atoms with van der Waals surface area (Å²) in [7, 11) is 3.54. The zero-order valence-corrected chi connectivity index (χ0v) is 18.2. The highest BCUT2D eigenvalue weighted by Gasteiger charge is 2.50. The molecule has 1 saturated heterocycles. The summed E-state index contributed by atoms with van der Waals surface area (Å²) < 4.78 is 0. The Hall–Kier alpha value is -3.19. The molecular formula is C24H29N4O3+. The van der Waals surface area contributed by atoms with Crippen LogP contribution in [0.2, 0.25) is 0 Å². The number of rotatable bonds is 6. The third-order valence-corrected chi connectivity index (χ3v) is 6.33. The standard InChI is InChI=1S/C24H28N4O3/c1-24(20-12-11-17-5-4-6-19(17)13-20)22(30)28(23(31)26-24)15-27(3)14-16-7-9-18(10-8-16)21(29)25-2/h7-13H,4-6,14-15H2,1-3H3,(H,25,29)(H,26,31)/p+1/t24-/m1/s1. The van der Waals surface area contributed by atoms with Crippen molar-refractivity contribution in [3.63, 3.8) is 0 Å². The Kier molecular flexibility index (Phi) is 5.54. The van der Waals surface area contributed by atoms with E-state index >= 15 is 0 Å². The number of carbonyl (C=O) groups is 3. The lowest BCUT2D eigenvalue weighted by atomic mass is 9.90. The van der Waals surface area contributed by atoms with Gasteiger partial charge in [-0.05, 0) is 55.0 Å². The third-order valence-electron chi connectivity index (χ3n) is 6.33. The van der Waals surface area contributed by atoms with Crippen molar-refractivity contribution in [1.82, 2.24) is 15.5 Å². The van der Waals surface area contributed by atoms with Crippen LogP contribution in [0.25, 0.3) is 0 Å². The number of imide groups is 1. The van der Waals surface area contributed by atoms with Crippen LogP contribution < -0.4 is 15.5 Å². The Bertz CT molecular complexity index is 1030. The zero-order chi connectivity index (χ0) is 22.2. The molecule has 0 saturated carbocycles. The number of aryl methyl sites for hydroxylation is 2. The Morgan fingerprint density at radius 3 is 2.55 bits per heavy atom. The fourth-order valence-electron chi connectivity index (χ4n) is 4.51. The smallest absolute Gasteiger partial charge is 0.329 e. The van der Waals surface area contributed by atoms with E-state index in [0.29, 0.717) is 12.1 Å². The van der Waals surface area contributed by atoms with Gasteiger partial charge in [0.25, 0.3) is 11.8 Å². The molecule has 2 aromatic carbocycles. The van der Waals surface area contributed by atoms with Crippen molar-refractivity contribution < 1.29 is 19.3 Å². The monoisotopic (exact) mass is 421 g/mol. The zero-order valence-electron chi connectivity index (χ0n) is 18.2. The van der Waals surface area contributed by atoms with Crippen LogP contribution >= 0.6 is 0 Å². The number of nitrogens with zero attached hydrogens (tertiary/aromatic N) is 1. The van der Waals surface area contributed by atoms with Gasteiger partial charge in [-0.3, -0.25) is 9.59 Å². The van der Waals surface area contributed by atoms with E-state index in [1.165, 1.54) is 16.0 Å². The predicted octanol–water partition coefficient (Wildman–Crippen LogP) is 0.974. The van der Waals surface area contributed by atoms with E-state index in [9.17, 15) is 14.4 Å². The lowest BCUT2D eigenvalue weighted by Crippen LogP contribution is -3.09. The maximum Gasteiger partial charge on any atom is 0.329 e. The van der Waals surface area contributed by atoms with Gasteiger partial charge in [-0.25, -0.2) is 9.69 Å². The summed E-state index contributed by atoms with van der Waals surface area (Å²) in [5, 5.41) is 5.51. The second-order valence-electron chi connectivity index (χ2n) is 8.69. The van der Waals surface area contributed by atoms with E-state index in [0.717, 1.165) is 35.3 Å². The van der Waals surface area contributed by atoms with Gasteiger partial charge in [-0.2, -0.15) is 0 Å². The van der Waals surface area contributed by atoms with Crippen molar-refractivity contribution in [1.29, 1.82) is 0 Å². The average Bonchev–Trinajstić information content (AvgIpc) is 3.32. The molecule has 7 heteroatoms. The molecule has 4 rings (SSSR count). The maximum absolute atomic E-state index is 13.3. The van der Waals surface area contributed by atoms with Gasteiger partial charge < -0.3 is 15.5 Å². The minimum absolute atomic E-state index is 0.127. The first kappa shape index (κ1) is 21.1. The molecule has 0 aromatic heterocycles. The van der Waals surface area contributed by atoms with Crippen molar-refractivity contribution in [2.75, 3.05) is 20.8 Å². The molecule has 162 valence electrons. The molecule has 1 heterocycles. The molecule has 31 heavy (non-hydrogen) atoms. The number of nitrogens with one attached hydrogen (secondary N) is 3. The van der Waals surface area contributed by atoms with Gasteiger partial charge in [0, 0.05) is 18.2 Å². The van der Waals surface area contributed by atoms with E-state index in [-0.39, 0.29) is 24.5 Å². The van der Waals surface area contributed by atoms with Gasteiger partial charge in [0.1, 0.15) is 12.1 Å². The summed E-state index contributed by atoms with van der Waals surface area (Å²) >= 11 is 0. The molecule has 4 amide bonds. The predicted molar refractivity (Wildman–Crippen MR) is 116 cm³/mol. The lowest BCUT2D eigenvalue weighted by molar-refractivity contribution is -0.901. The van der Waals surface area contributed by atoms with E-state index in [2.05, 4.69) is 22.8 Å². The van der Waals surface area contributed by atoms with Crippen LogP contribution in [0, 0.1) is 0 Å². The Morgan fingerprint density at radius 1 is 1.13 bits per heavy atom. The first-order chi connectivity index (χ1) is 14.8. The highest BCUT2D eigenvalue weighted by Crippen LogP contribution is 2.32. The number of carbonyl (C=O) groups excluding carboxylic acids is 3. The van der Waals surface area contributed by atoms with Crippen LogP contribution in [-0.2, 0) is 29.7 Å². The van der Waals surface area contributed by atoms with Crippen LogP contribution in [0.3, 0.4) is 0 Å². The van der Waals surface area contributed by atoms with Crippen LogP contribution in [-0.4, -0.2) is 43.5 Å². The van der Waals surface area contributed by atoms with Crippen molar-refractivity contribution >= 4 is 17.8 Å². The van der Waals surface area contributed by atoms with Crippen molar-refractivity contribution in [3.8, 4) is 0 Å². The Labute approximate surface area is 182 Å². The third kappa shape index (κ3) is 3.93. The number of benzene rings is 2. The maximum atomic E-state index is 13.3. The van der Waals surface area contributed by atoms with Crippen LogP contribution in [0.1, 0.15) is 46.0 Å². The molecule has 2 aromatic rings. The quantitative estimate of drug-likeness (QED) is 0.608. The highest BCUT2D eigenvalue weighted by molar-refractivity contribution is 6.07. The summed E-state index contributed by atoms with van der Waals surface area (Å²) in [5.74, 6) is -0.345. The van der Waals surface area contributed by atoms with Crippen molar-refractivity contribution in [2.24, 2.45) is 0 Å². The Balaban J connectivity index is 1.44. The van der Waals surface area contributed by atoms with Crippen LogP contribution in [0.5, 0.6) is 0 Å². The average molecular weight is 422 g/mol. The minimum atomic E-state index is -1.04. The molecule has 1 unspecified atom stereocenters. The summed E-state index contributed by atoms with van der Waals surface area (Å²) in [6, 6.07) is 13.1. The SMILES string of the molecule is CNC(=O)c1ccc(C[NH+](C)CN2C(=O)N[C@](C)(c3ccc4c(c3)CCC4)C2=O)cc1. The van der Waals surface area contributed by atoms with E-state index in [1.54, 1.807) is 26.1 Å². The molecule has 1 fully saturated rings. The number of hydrogen-bond acceptors (Lipinski definition) is 3. The Morgan fingerprint density at radius 2 is 1.84 bits per heavy atom. The molecule has 2 atom stereocenters. The normalized spacial score (nSPS) is 21.1. The lowest BCUT2D eigenvalue weighted by Gasteiger charge is -2.24. The topological polar surface area (TPSA) is 82.9 Å². The fourth-order valence-corrected chi connectivity index (χ4v) is 4.51. The summed E-state index contributed by atoms with van der Waals surface area (Å²) in [5.41, 5.74) is 4.05. The molecule has 0 radical (unpaired) electrons. The molecule has 1 aliphatic carbocycles. The van der Waals surface area contributed by atoms with Gasteiger partial charge in [-0.15, -0.1) is 0 Å². The van der Waals surface area contributed by atoms with Crippen LogP contribution in [0.4, 0.5) is 4.79 Å². The molecule has 7 nitrogen and oxygen atoms in total. The van der Waals surface area contributed by atoms with Gasteiger partial charge >= 0.3 is 6.03 Å². The van der Waals surface area contributed by atoms with E-state index in [4.69, 9.17) is 0 Å². The van der Waals surface area contributed by atoms with Crippen molar-refractivity contribution in [2.45, 2.75) is 38.3 Å². The first-order valence-corrected chi connectivity index (χ1v) is 10.7. The van der Waals surface area contributed by atoms with Gasteiger partial charge in [0.05, 0.1) is 7.05 Å². The summed E-state index contributed by atoms with van der Waals surface area (Å²) in [6.45, 7) is 2.68. The van der Waals surface area contributed by atoms with Gasteiger partial charge in [0.2, 0.25) is 0 Å². The van der Waals surface area contributed by atoms with Crippen molar-refractivity contribution in [3.05, 3.63) is 70.3 Å². The first-order valence-electron chi connectivity index (χ1n) is 10.7. The highest BCUT2D eigenvalue weighted by atomic mass is 16.2. The molecule has 1 aliphatic heterocycles. The summed E-state index contributed by atoms with van der Waals surface area (Å²) in [4.78, 5) is 39.9. The number of fused-ring (bicyclic) bond motifs is 1. The molecular weight excluding hydrogens is 392 g/mol. The molecule has 0 bridgehead atoms. The largest absolute Gasteiger partial charge is 0.355 e. The van der Waals surface area contributed by atoms with Gasteiger partial charge in [0.15, 0.2) is 6.67 Å². The van der Waals surface area contributed by atoms with Crippen LogP contribution in [0.15, 0.2) is 42.5 Å². The number of quaternary nitrogens is 1. The van der Waals surface area contributed by atoms with Gasteiger partial charge in [-0.1, -0.05) is 30.3 Å². The second kappa shape index (κ2) is 8.15. The fraction of sp³-hybridized carbons (Fsp3) is 0.375. The number of urea groups is 1. The second-order valence-corrected chi connectivity index (χ2v) is 8.69. The minimum Gasteiger partial charge on any atom is -0.355 e. The summed E-state index contributed by atoms with van der Waals surface area (Å²) in [6.07, 6.45) is 3.24. The van der Waals surface area contributed by atoms with E-state index < -0.39 is 5.54 Å². The number of hydrogen-bond donors (Lipinski definition) is 3. The molecule has 0 spiro atoms. The van der Waals surface area contributed by atoms with E-state index in [1.807, 2.05) is 25.2 Å². The number of amides is 4.